The summed E-state index contributed by atoms with van der Waals surface area (Å²) >= 11 is 0. The summed E-state index contributed by atoms with van der Waals surface area (Å²) < 4.78 is 16.5. The van der Waals surface area contributed by atoms with Crippen LogP contribution in [0.2, 0.25) is 0 Å². The summed E-state index contributed by atoms with van der Waals surface area (Å²) in [6.45, 7) is 6.85. The van der Waals surface area contributed by atoms with E-state index in [1.165, 1.54) is 18.2 Å². The molecule has 0 heterocycles. The topological polar surface area (TPSA) is 44.8 Å². The van der Waals surface area contributed by atoms with Gasteiger partial charge in [-0.2, -0.15) is 0 Å². The molecule has 4 nitrogen and oxygen atoms in total. The summed E-state index contributed by atoms with van der Waals surface area (Å²) in [4.78, 5) is 12.8. The van der Waals surface area contributed by atoms with E-state index in [0.717, 1.165) is 67.2 Å². The first-order chi connectivity index (χ1) is 15.8. The first-order valence-corrected chi connectivity index (χ1v) is 12.2. The third kappa shape index (κ3) is 3.92. The molecule has 0 amide bonds. The first-order valence-electron chi connectivity index (χ1n) is 12.2. The average molecular weight is 451 g/mol. The molecule has 4 rings (SSSR count). The molecular weight excluding hydrogens is 412 g/mol. The lowest BCUT2D eigenvalue weighted by Gasteiger charge is -2.54. The SMILES string of the molecule is COC(=O)[C@@]1(C)CCC[C@]2(C)C(CCc3ccc4c(OC)ccc(OC)c4c3)=C(C)CC[C@@H]12. The predicted octanol–water partition coefficient (Wildman–Crippen LogP) is 6.89. The van der Waals surface area contributed by atoms with Crippen molar-refractivity contribution in [3.8, 4) is 11.5 Å². The standard InChI is InChI=1S/C29H38O4/c1-19-8-15-26-28(2,16-7-17-29(26,3)27(30)33-6)23(19)12-10-20-9-11-21-22(18-20)25(32-5)14-13-24(21)31-4/h9,11,13-14,18,26H,7-8,10,12,15-17H2,1-6H3/t26-,28-,29+/m1/s1. The molecule has 1 saturated carbocycles. The van der Waals surface area contributed by atoms with Gasteiger partial charge in [0.15, 0.2) is 0 Å². The van der Waals surface area contributed by atoms with Crippen LogP contribution in [-0.4, -0.2) is 27.3 Å². The number of ether oxygens (including phenoxy) is 3. The summed E-state index contributed by atoms with van der Waals surface area (Å²) in [6.07, 6.45) is 7.30. The molecular formula is C29H38O4. The third-order valence-corrected chi connectivity index (χ3v) is 8.70. The van der Waals surface area contributed by atoms with E-state index in [4.69, 9.17) is 14.2 Å². The lowest BCUT2D eigenvalue weighted by Crippen LogP contribution is -2.50. The number of hydrogen-bond acceptors (Lipinski definition) is 4. The van der Waals surface area contributed by atoms with E-state index in [-0.39, 0.29) is 16.8 Å². The van der Waals surface area contributed by atoms with Crippen LogP contribution in [0.25, 0.3) is 10.8 Å². The maximum atomic E-state index is 12.8. The molecule has 2 aromatic rings. The molecule has 2 aliphatic carbocycles. The summed E-state index contributed by atoms with van der Waals surface area (Å²) in [5, 5.41) is 2.16. The Balaban J connectivity index is 1.64. The lowest BCUT2D eigenvalue weighted by atomic mass is 9.49. The highest BCUT2D eigenvalue weighted by molar-refractivity contribution is 5.93. The molecule has 0 spiro atoms. The summed E-state index contributed by atoms with van der Waals surface area (Å²) in [7, 11) is 4.96. The number of fused-ring (bicyclic) bond motifs is 2. The van der Waals surface area contributed by atoms with Gasteiger partial charge in [0.1, 0.15) is 11.5 Å². The monoisotopic (exact) mass is 450 g/mol. The van der Waals surface area contributed by atoms with E-state index in [1.54, 1.807) is 19.8 Å². The fourth-order valence-corrected chi connectivity index (χ4v) is 6.97. The van der Waals surface area contributed by atoms with Crippen molar-refractivity contribution >= 4 is 16.7 Å². The molecule has 3 atom stereocenters. The van der Waals surface area contributed by atoms with Crippen LogP contribution in [0.1, 0.15) is 64.9 Å². The van der Waals surface area contributed by atoms with Gasteiger partial charge in [-0.1, -0.05) is 36.6 Å². The Morgan fingerprint density at radius 2 is 1.67 bits per heavy atom. The number of rotatable bonds is 6. The molecule has 0 unspecified atom stereocenters. The molecule has 4 heteroatoms. The largest absolute Gasteiger partial charge is 0.496 e. The summed E-state index contributed by atoms with van der Waals surface area (Å²) in [6, 6.07) is 10.5. The maximum Gasteiger partial charge on any atom is 0.311 e. The number of esters is 1. The summed E-state index contributed by atoms with van der Waals surface area (Å²) in [5.41, 5.74) is 4.04. The molecule has 0 radical (unpaired) electrons. The van der Waals surface area contributed by atoms with Crippen LogP contribution < -0.4 is 9.47 Å². The zero-order valence-corrected chi connectivity index (χ0v) is 21.0. The minimum absolute atomic E-state index is 0.0344. The molecule has 178 valence electrons. The molecule has 1 fully saturated rings. The number of carbonyl (C=O) groups excluding carboxylic acids is 1. The molecule has 2 aromatic carbocycles. The van der Waals surface area contributed by atoms with Crippen molar-refractivity contribution in [2.45, 2.75) is 65.7 Å². The van der Waals surface area contributed by atoms with E-state index in [0.29, 0.717) is 5.92 Å². The van der Waals surface area contributed by atoms with Gasteiger partial charge in [0, 0.05) is 10.8 Å². The highest BCUT2D eigenvalue weighted by Crippen LogP contribution is 2.60. The average Bonchev–Trinajstić information content (AvgIpc) is 2.81. The smallest absolute Gasteiger partial charge is 0.311 e. The van der Waals surface area contributed by atoms with E-state index in [9.17, 15) is 4.79 Å². The van der Waals surface area contributed by atoms with Crippen LogP contribution >= 0.6 is 0 Å². The highest BCUT2D eigenvalue weighted by Gasteiger charge is 2.55. The zero-order valence-electron chi connectivity index (χ0n) is 21.0. The second kappa shape index (κ2) is 9.04. The quantitative estimate of drug-likeness (QED) is 0.355. The van der Waals surface area contributed by atoms with Gasteiger partial charge in [-0.25, -0.2) is 0 Å². The van der Waals surface area contributed by atoms with Gasteiger partial charge in [0.05, 0.1) is 26.7 Å². The summed E-state index contributed by atoms with van der Waals surface area (Å²) in [5.74, 6) is 2.04. The van der Waals surface area contributed by atoms with Crippen LogP contribution in [0.3, 0.4) is 0 Å². The van der Waals surface area contributed by atoms with Crippen molar-refractivity contribution in [1.29, 1.82) is 0 Å². The fraction of sp³-hybridized carbons (Fsp3) is 0.552. The number of aryl methyl sites for hydroxylation is 1. The van der Waals surface area contributed by atoms with Gasteiger partial charge < -0.3 is 14.2 Å². The number of carbonyl (C=O) groups is 1. The minimum Gasteiger partial charge on any atom is -0.496 e. The molecule has 0 N–H and O–H groups in total. The van der Waals surface area contributed by atoms with E-state index < -0.39 is 0 Å². The Bertz CT molecular complexity index is 1080. The van der Waals surface area contributed by atoms with Gasteiger partial charge in [0.25, 0.3) is 0 Å². The van der Waals surface area contributed by atoms with Crippen molar-refractivity contribution < 1.29 is 19.0 Å². The van der Waals surface area contributed by atoms with Crippen molar-refractivity contribution in [2.24, 2.45) is 16.7 Å². The Kier molecular flexibility index (Phi) is 6.48. The number of allylic oxidation sites excluding steroid dienone is 2. The number of benzene rings is 2. The van der Waals surface area contributed by atoms with E-state index in [1.807, 2.05) is 12.1 Å². The first kappa shape index (κ1) is 23.7. The number of methoxy groups -OCH3 is 3. The predicted molar refractivity (Wildman–Crippen MR) is 133 cm³/mol. The van der Waals surface area contributed by atoms with E-state index >= 15 is 0 Å². The van der Waals surface area contributed by atoms with Crippen molar-refractivity contribution in [3.63, 3.8) is 0 Å². The Morgan fingerprint density at radius 1 is 0.970 bits per heavy atom. The molecule has 0 saturated heterocycles. The van der Waals surface area contributed by atoms with Gasteiger partial charge in [-0.05, 0) is 87.5 Å². The Morgan fingerprint density at radius 3 is 2.33 bits per heavy atom. The lowest BCUT2D eigenvalue weighted by molar-refractivity contribution is -0.163. The van der Waals surface area contributed by atoms with Crippen LogP contribution in [0.4, 0.5) is 0 Å². The number of hydrogen-bond donors (Lipinski definition) is 0. The minimum atomic E-state index is -0.388. The van der Waals surface area contributed by atoms with Gasteiger partial charge in [0.2, 0.25) is 0 Å². The van der Waals surface area contributed by atoms with Crippen molar-refractivity contribution in [1.82, 2.24) is 0 Å². The third-order valence-electron chi connectivity index (χ3n) is 8.70. The van der Waals surface area contributed by atoms with Gasteiger partial charge >= 0.3 is 5.97 Å². The van der Waals surface area contributed by atoms with Crippen LogP contribution in [0, 0.1) is 16.7 Å². The second-order valence-corrected chi connectivity index (χ2v) is 10.4. The maximum absolute atomic E-state index is 12.8. The highest BCUT2D eigenvalue weighted by atomic mass is 16.5. The molecule has 0 aromatic heterocycles. The van der Waals surface area contributed by atoms with E-state index in [2.05, 4.69) is 39.0 Å². The van der Waals surface area contributed by atoms with Gasteiger partial charge in [-0.3, -0.25) is 4.79 Å². The molecule has 33 heavy (non-hydrogen) atoms. The molecule has 0 bridgehead atoms. The van der Waals surface area contributed by atoms with Crippen LogP contribution in [0.15, 0.2) is 41.5 Å². The fourth-order valence-electron chi connectivity index (χ4n) is 6.97. The van der Waals surface area contributed by atoms with Crippen LogP contribution in [0.5, 0.6) is 11.5 Å². The normalized spacial score (nSPS) is 27.3. The van der Waals surface area contributed by atoms with Gasteiger partial charge in [-0.15, -0.1) is 0 Å². The zero-order chi connectivity index (χ0) is 23.8. The molecule has 0 aliphatic heterocycles. The Labute approximate surface area is 198 Å². The van der Waals surface area contributed by atoms with Crippen LogP contribution in [-0.2, 0) is 16.0 Å². The van der Waals surface area contributed by atoms with Crippen molar-refractivity contribution in [2.75, 3.05) is 21.3 Å². The molecule has 2 aliphatic rings. The second-order valence-electron chi connectivity index (χ2n) is 10.4. The Hall–Kier alpha value is -2.49. The van der Waals surface area contributed by atoms with Crippen molar-refractivity contribution in [3.05, 3.63) is 47.0 Å².